The Morgan fingerprint density at radius 2 is 1.89 bits per heavy atom. The monoisotopic (exact) mass is 285 g/mol. The summed E-state index contributed by atoms with van der Waals surface area (Å²) in [5.74, 6) is 0. The third-order valence-corrected chi connectivity index (χ3v) is 2.69. The first-order valence-corrected chi connectivity index (χ1v) is 7.50. The van der Waals surface area contributed by atoms with Gasteiger partial charge in [0.2, 0.25) is 0 Å². The van der Waals surface area contributed by atoms with Crippen molar-refractivity contribution < 1.29 is 17.5 Å². The molecule has 1 aromatic rings. The van der Waals surface area contributed by atoms with Crippen molar-refractivity contribution in [2.24, 2.45) is 0 Å². The minimum absolute atomic E-state index is 1.08. The lowest BCUT2D eigenvalue weighted by atomic mass is 10.0. The van der Waals surface area contributed by atoms with E-state index in [-0.39, 0.29) is 0 Å². The summed E-state index contributed by atoms with van der Waals surface area (Å²) in [4.78, 5) is 2.39. The fraction of sp³-hybridized carbons (Fsp3) is 0.385. The molecule has 0 aromatic heterocycles. The Labute approximate surface area is 114 Å². The first-order valence-electron chi connectivity index (χ1n) is 6.10. The summed E-state index contributed by atoms with van der Waals surface area (Å²) in [6.45, 7) is 4.50. The molecule has 1 heterocycles. The van der Waals surface area contributed by atoms with E-state index < -0.39 is 10.4 Å². The van der Waals surface area contributed by atoms with E-state index in [0.717, 1.165) is 6.54 Å². The molecule has 0 fully saturated rings. The Morgan fingerprint density at radius 1 is 1.26 bits per heavy atom. The van der Waals surface area contributed by atoms with Crippen LogP contribution in [-0.2, 0) is 16.9 Å². The van der Waals surface area contributed by atoms with Crippen LogP contribution in [0, 0.1) is 0 Å². The van der Waals surface area contributed by atoms with Gasteiger partial charge in [0.05, 0.1) is 0 Å². The molecule has 6 heteroatoms. The van der Waals surface area contributed by atoms with Crippen molar-refractivity contribution >= 4 is 16.5 Å². The molecule has 1 aliphatic rings. The van der Waals surface area contributed by atoms with E-state index >= 15 is 0 Å². The van der Waals surface area contributed by atoms with Crippen LogP contribution in [0.5, 0.6) is 0 Å². The van der Waals surface area contributed by atoms with E-state index in [4.69, 9.17) is 17.5 Å². The number of fused-ring (bicyclic) bond motifs is 1. The second kappa shape index (κ2) is 7.28. The fourth-order valence-electron chi connectivity index (χ4n) is 1.81. The van der Waals surface area contributed by atoms with Crippen LogP contribution in [0.3, 0.4) is 0 Å². The highest BCUT2D eigenvalue weighted by atomic mass is 32.3. The molecule has 1 aliphatic heterocycles. The molecule has 0 unspecified atom stereocenters. The Hall–Kier alpha value is -1.37. The van der Waals surface area contributed by atoms with E-state index in [1.165, 1.54) is 30.5 Å². The summed E-state index contributed by atoms with van der Waals surface area (Å²) in [5, 5.41) is 0. The molecule has 2 N–H and O–H groups in total. The molecule has 0 radical (unpaired) electrons. The largest absolute Gasteiger partial charge is 0.394 e. The highest BCUT2D eigenvalue weighted by Gasteiger charge is 2.08. The van der Waals surface area contributed by atoms with Crippen LogP contribution in [0.2, 0.25) is 0 Å². The van der Waals surface area contributed by atoms with Gasteiger partial charge in [0.25, 0.3) is 0 Å². The quantitative estimate of drug-likeness (QED) is 0.835. The molecule has 1 aromatic carbocycles. The van der Waals surface area contributed by atoms with E-state index in [2.05, 4.69) is 48.4 Å². The minimum Gasteiger partial charge on any atom is -0.373 e. The minimum atomic E-state index is -4.67. The average molecular weight is 285 g/mol. The van der Waals surface area contributed by atoms with Crippen molar-refractivity contribution in [2.75, 3.05) is 6.54 Å². The second-order valence-electron chi connectivity index (χ2n) is 4.29. The van der Waals surface area contributed by atoms with Gasteiger partial charge in [-0.25, -0.2) is 0 Å². The maximum Gasteiger partial charge on any atom is 0.394 e. The second-order valence-corrected chi connectivity index (χ2v) is 5.18. The third-order valence-electron chi connectivity index (χ3n) is 2.69. The zero-order valence-electron chi connectivity index (χ0n) is 10.9. The summed E-state index contributed by atoms with van der Waals surface area (Å²) in [6, 6.07) is 8.63. The van der Waals surface area contributed by atoms with Gasteiger partial charge >= 0.3 is 10.4 Å². The number of rotatable bonds is 3. The van der Waals surface area contributed by atoms with Crippen molar-refractivity contribution in [3.63, 3.8) is 0 Å². The molecule has 19 heavy (non-hydrogen) atoms. The molecule has 2 rings (SSSR count). The number of benzene rings is 1. The van der Waals surface area contributed by atoms with Crippen LogP contribution in [-0.4, -0.2) is 29.0 Å². The molecule has 0 saturated heterocycles. The van der Waals surface area contributed by atoms with Crippen molar-refractivity contribution in [1.82, 2.24) is 4.90 Å². The van der Waals surface area contributed by atoms with Crippen LogP contribution in [0.4, 0.5) is 0 Å². The van der Waals surface area contributed by atoms with Gasteiger partial charge in [-0.15, -0.1) is 0 Å². The molecular weight excluding hydrogens is 266 g/mol. The molecular formula is C13H19NO4S. The number of hydrogen-bond donors (Lipinski definition) is 2. The van der Waals surface area contributed by atoms with Gasteiger partial charge in [-0.3, -0.25) is 9.11 Å². The lowest BCUT2D eigenvalue weighted by molar-refractivity contribution is 0.359. The lowest BCUT2D eigenvalue weighted by Gasteiger charge is -2.25. The Kier molecular flexibility index (Phi) is 6.01. The highest BCUT2D eigenvalue weighted by Crippen LogP contribution is 2.19. The Morgan fingerprint density at radius 3 is 2.53 bits per heavy atom. The molecule has 0 aliphatic carbocycles. The number of nitrogens with zero attached hydrogens (tertiary/aromatic N) is 1. The average Bonchev–Trinajstić information content (AvgIpc) is 2.34. The molecule has 0 atom stereocenters. The summed E-state index contributed by atoms with van der Waals surface area (Å²) < 4.78 is 31.6. The van der Waals surface area contributed by atoms with Crippen molar-refractivity contribution in [3.05, 3.63) is 41.6 Å². The molecule has 0 amide bonds. The topological polar surface area (TPSA) is 77.8 Å². The van der Waals surface area contributed by atoms with Gasteiger partial charge in [0.15, 0.2) is 0 Å². The summed E-state index contributed by atoms with van der Waals surface area (Å²) >= 11 is 0. The maximum atomic E-state index is 8.74. The van der Waals surface area contributed by atoms with E-state index in [9.17, 15) is 0 Å². The Balaban J connectivity index is 0.000000312. The van der Waals surface area contributed by atoms with Gasteiger partial charge < -0.3 is 4.90 Å². The number of hydrogen-bond acceptors (Lipinski definition) is 3. The van der Waals surface area contributed by atoms with Gasteiger partial charge in [-0.05, 0) is 29.8 Å². The van der Waals surface area contributed by atoms with Gasteiger partial charge in [0.1, 0.15) is 0 Å². The fourth-order valence-corrected chi connectivity index (χ4v) is 1.81. The van der Waals surface area contributed by atoms with Crippen molar-refractivity contribution in [2.45, 2.75) is 26.3 Å². The van der Waals surface area contributed by atoms with Crippen LogP contribution >= 0.6 is 0 Å². The number of unbranched alkanes of at least 4 members (excludes halogenated alkanes) is 1. The first-order chi connectivity index (χ1) is 8.90. The molecule has 0 spiro atoms. The zero-order valence-corrected chi connectivity index (χ0v) is 11.7. The predicted octanol–water partition coefficient (Wildman–Crippen LogP) is 2.62. The third kappa shape index (κ3) is 6.95. The highest BCUT2D eigenvalue weighted by molar-refractivity contribution is 7.79. The first kappa shape index (κ1) is 15.7. The molecule has 0 bridgehead atoms. The van der Waals surface area contributed by atoms with Crippen LogP contribution in [0.15, 0.2) is 30.5 Å². The van der Waals surface area contributed by atoms with Crippen LogP contribution < -0.4 is 0 Å². The maximum absolute atomic E-state index is 8.74. The normalized spacial score (nSPS) is 13.5. The van der Waals surface area contributed by atoms with Crippen LogP contribution in [0.25, 0.3) is 6.08 Å². The van der Waals surface area contributed by atoms with E-state index in [1.54, 1.807) is 0 Å². The molecule has 0 saturated carbocycles. The molecule has 106 valence electrons. The van der Waals surface area contributed by atoms with Gasteiger partial charge in [-0.2, -0.15) is 8.42 Å². The van der Waals surface area contributed by atoms with E-state index in [1.807, 2.05) is 0 Å². The zero-order chi connectivity index (χ0) is 14.3. The van der Waals surface area contributed by atoms with Gasteiger partial charge in [-0.1, -0.05) is 37.6 Å². The summed E-state index contributed by atoms with van der Waals surface area (Å²) in [5.41, 5.74) is 2.83. The SMILES string of the molecule is CCCCN1C=Cc2ccccc2C1.O=S(=O)(O)O. The Bertz CT molecular complexity index is 517. The van der Waals surface area contributed by atoms with Gasteiger partial charge in [0, 0.05) is 13.1 Å². The summed E-state index contributed by atoms with van der Waals surface area (Å²) in [6.07, 6.45) is 6.99. The van der Waals surface area contributed by atoms with E-state index in [0.29, 0.717) is 0 Å². The summed E-state index contributed by atoms with van der Waals surface area (Å²) in [7, 11) is -4.67. The van der Waals surface area contributed by atoms with Crippen molar-refractivity contribution in [1.29, 1.82) is 0 Å². The standard InChI is InChI=1S/C13H17N.H2O4S/c1-2-3-9-14-10-8-12-6-4-5-7-13(12)11-14;1-5(2,3)4/h4-8,10H,2-3,9,11H2,1H3;(H2,1,2,3,4). The molecule has 5 nitrogen and oxygen atoms in total. The lowest BCUT2D eigenvalue weighted by Crippen LogP contribution is -2.20. The van der Waals surface area contributed by atoms with Crippen LogP contribution in [0.1, 0.15) is 30.9 Å². The smallest absolute Gasteiger partial charge is 0.373 e. The van der Waals surface area contributed by atoms with Crippen molar-refractivity contribution in [3.8, 4) is 0 Å². The predicted molar refractivity (Wildman–Crippen MR) is 75.0 cm³/mol.